The molecular formula is C31H33ClF3N3O4. The first-order valence-corrected chi connectivity index (χ1v) is 13.9. The Kier molecular flexibility index (Phi) is 10.1. The van der Waals surface area contributed by atoms with E-state index in [1.165, 1.54) is 41.3 Å². The zero-order chi connectivity index (χ0) is 30.4. The number of ether oxygens (including phenoxy) is 2. The first kappa shape index (κ1) is 31.3. The number of nitrogens with one attached hydrogen (secondary N) is 2. The van der Waals surface area contributed by atoms with Crippen LogP contribution in [0.1, 0.15) is 47.3 Å². The van der Waals surface area contributed by atoms with Crippen molar-refractivity contribution in [3.63, 3.8) is 0 Å². The van der Waals surface area contributed by atoms with Crippen LogP contribution in [-0.4, -0.2) is 45.3 Å². The molecule has 42 heavy (non-hydrogen) atoms. The van der Waals surface area contributed by atoms with Gasteiger partial charge in [-0.3, -0.25) is 9.59 Å². The lowest BCUT2D eigenvalue weighted by molar-refractivity contribution is -0.122. The molecule has 1 aliphatic heterocycles. The van der Waals surface area contributed by atoms with E-state index >= 15 is 0 Å². The molecule has 0 aliphatic carbocycles. The Morgan fingerprint density at radius 2 is 1.71 bits per heavy atom. The average Bonchev–Trinajstić information content (AvgIpc) is 3.13. The third-order valence-corrected chi connectivity index (χ3v) is 7.53. The Labute approximate surface area is 247 Å². The molecule has 0 saturated heterocycles. The minimum absolute atomic E-state index is 0.122. The molecule has 0 fully saturated rings. The molecule has 224 valence electrons. The van der Waals surface area contributed by atoms with Crippen LogP contribution in [0.3, 0.4) is 0 Å². The van der Waals surface area contributed by atoms with E-state index in [0.29, 0.717) is 44.0 Å². The van der Waals surface area contributed by atoms with Gasteiger partial charge in [-0.2, -0.15) is 0 Å². The van der Waals surface area contributed by atoms with E-state index in [1.807, 2.05) is 0 Å². The first-order chi connectivity index (χ1) is 20.0. The predicted molar refractivity (Wildman–Crippen MR) is 155 cm³/mol. The number of nitrogens with zero attached hydrogens (tertiary/aromatic N) is 1. The van der Waals surface area contributed by atoms with Crippen LogP contribution in [0.5, 0.6) is 0 Å². The molecule has 1 heterocycles. The van der Waals surface area contributed by atoms with Crippen LogP contribution in [0, 0.1) is 17.5 Å². The number of amides is 2. The number of carbonyl (C=O) groups is 2. The molecule has 0 unspecified atom stereocenters. The Hall–Kier alpha value is -3.60. The van der Waals surface area contributed by atoms with Crippen molar-refractivity contribution in [2.45, 2.75) is 38.8 Å². The van der Waals surface area contributed by atoms with Gasteiger partial charge in [-0.15, -0.1) is 0 Å². The van der Waals surface area contributed by atoms with Crippen LogP contribution < -0.4 is 15.5 Å². The fourth-order valence-electron chi connectivity index (χ4n) is 4.78. The lowest BCUT2D eigenvalue weighted by Gasteiger charge is -2.21. The van der Waals surface area contributed by atoms with E-state index in [0.717, 1.165) is 0 Å². The van der Waals surface area contributed by atoms with Gasteiger partial charge in [-0.05, 0) is 62.2 Å². The van der Waals surface area contributed by atoms with Gasteiger partial charge >= 0.3 is 0 Å². The molecule has 3 aromatic carbocycles. The number of halogens is 4. The van der Waals surface area contributed by atoms with Gasteiger partial charge in [0.15, 0.2) is 0 Å². The summed E-state index contributed by atoms with van der Waals surface area (Å²) in [5.74, 6) is -3.02. The topological polar surface area (TPSA) is 79.9 Å². The molecule has 0 atom stereocenters. The molecule has 2 N–H and O–H groups in total. The quantitative estimate of drug-likeness (QED) is 0.235. The van der Waals surface area contributed by atoms with E-state index in [-0.39, 0.29) is 46.4 Å². The predicted octanol–water partition coefficient (Wildman–Crippen LogP) is 5.98. The monoisotopic (exact) mass is 603 g/mol. The zero-order valence-electron chi connectivity index (χ0n) is 23.7. The van der Waals surface area contributed by atoms with Gasteiger partial charge < -0.3 is 25.0 Å². The summed E-state index contributed by atoms with van der Waals surface area (Å²) in [6.07, 6.45) is 0.638. The van der Waals surface area contributed by atoms with E-state index in [9.17, 15) is 22.8 Å². The van der Waals surface area contributed by atoms with Crippen molar-refractivity contribution in [2.24, 2.45) is 0 Å². The second-order valence-electron chi connectivity index (χ2n) is 10.4. The SMILES string of the molecule is COCCOCCCNc1cc(F)c(CNC(=O)c2ccc3c(c2)N(Cc2c(F)cccc2Cl)C(=O)C3(C)C)c(F)c1. The van der Waals surface area contributed by atoms with E-state index in [4.69, 9.17) is 21.1 Å². The smallest absolute Gasteiger partial charge is 0.251 e. The summed E-state index contributed by atoms with van der Waals surface area (Å²) < 4.78 is 54.3. The average molecular weight is 604 g/mol. The number of hydrogen-bond acceptors (Lipinski definition) is 5. The Balaban J connectivity index is 1.43. The summed E-state index contributed by atoms with van der Waals surface area (Å²) in [6, 6.07) is 11.3. The maximum Gasteiger partial charge on any atom is 0.251 e. The van der Waals surface area contributed by atoms with Crippen molar-refractivity contribution in [3.05, 3.63) is 93.3 Å². The van der Waals surface area contributed by atoms with Crippen molar-refractivity contribution in [3.8, 4) is 0 Å². The molecule has 0 saturated carbocycles. The molecule has 11 heteroatoms. The molecule has 0 aromatic heterocycles. The number of methoxy groups -OCH3 is 1. The molecule has 4 rings (SSSR count). The fourth-order valence-corrected chi connectivity index (χ4v) is 5.00. The van der Waals surface area contributed by atoms with E-state index in [2.05, 4.69) is 10.6 Å². The highest BCUT2D eigenvalue weighted by Crippen LogP contribution is 2.43. The van der Waals surface area contributed by atoms with Crippen molar-refractivity contribution in [2.75, 3.05) is 43.7 Å². The van der Waals surface area contributed by atoms with Gasteiger partial charge in [0.25, 0.3) is 5.91 Å². The number of fused-ring (bicyclic) bond motifs is 1. The Morgan fingerprint density at radius 1 is 0.976 bits per heavy atom. The van der Waals surface area contributed by atoms with Crippen molar-refractivity contribution >= 4 is 34.8 Å². The molecule has 0 radical (unpaired) electrons. The van der Waals surface area contributed by atoms with Gasteiger partial charge in [-0.25, -0.2) is 13.2 Å². The molecule has 0 bridgehead atoms. The summed E-state index contributed by atoms with van der Waals surface area (Å²) in [4.78, 5) is 27.7. The fraction of sp³-hybridized carbons (Fsp3) is 0.355. The summed E-state index contributed by atoms with van der Waals surface area (Å²) >= 11 is 6.21. The number of carbonyl (C=O) groups excluding carboxylic acids is 2. The van der Waals surface area contributed by atoms with Gasteiger partial charge in [0.2, 0.25) is 5.91 Å². The molecular weight excluding hydrogens is 571 g/mol. The second-order valence-corrected chi connectivity index (χ2v) is 10.8. The Bertz CT molecular complexity index is 1420. The molecule has 1 aliphatic rings. The summed E-state index contributed by atoms with van der Waals surface area (Å²) in [7, 11) is 1.58. The van der Waals surface area contributed by atoms with Crippen molar-refractivity contribution in [1.29, 1.82) is 0 Å². The maximum absolute atomic E-state index is 14.8. The first-order valence-electron chi connectivity index (χ1n) is 13.5. The third-order valence-electron chi connectivity index (χ3n) is 7.17. The van der Waals surface area contributed by atoms with Crippen LogP contribution in [0.2, 0.25) is 5.02 Å². The summed E-state index contributed by atoms with van der Waals surface area (Å²) in [6.45, 7) is 4.89. The number of rotatable bonds is 13. The summed E-state index contributed by atoms with van der Waals surface area (Å²) in [5, 5.41) is 5.68. The third kappa shape index (κ3) is 6.88. The van der Waals surface area contributed by atoms with Crippen molar-refractivity contribution in [1.82, 2.24) is 5.32 Å². The number of hydrogen-bond donors (Lipinski definition) is 2. The van der Waals surface area contributed by atoms with E-state index in [1.54, 1.807) is 33.1 Å². The minimum Gasteiger partial charge on any atom is -0.385 e. The minimum atomic E-state index is -0.916. The molecule has 2 amide bonds. The van der Waals surface area contributed by atoms with Gasteiger partial charge in [0, 0.05) is 59.9 Å². The lowest BCUT2D eigenvalue weighted by Crippen LogP contribution is -2.36. The molecule has 0 spiro atoms. The van der Waals surface area contributed by atoms with Gasteiger partial charge in [0.1, 0.15) is 17.5 Å². The lowest BCUT2D eigenvalue weighted by atomic mass is 9.86. The maximum atomic E-state index is 14.8. The van der Waals surface area contributed by atoms with Crippen LogP contribution in [-0.2, 0) is 32.8 Å². The van der Waals surface area contributed by atoms with Crippen LogP contribution >= 0.6 is 11.6 Å². The highest BCUT2D eigenvalue weighted by atomic mass is 35.5. The standard InChI is InChI=1S/C31H33ClF3N3O4/c1-31(2)23-9-8-19(14-28(23)38(30(31)40)18-22-24(32)6-4-7-25(22)33)29(39)37-17-21-26(34)15-20(16-27(21)35)36-10-5-11-42-13-12-41-3/h4,6-9,14-16,36H,5,10-13,17-18H2,1-3H3,(H,37,39). The van der Waals surface area contributed by atoms with Crippen LogP contribution in [0.25, 0.3) is 0 Å². The Morgan fingerprint density at radius 3 is 2.40 bits per heavy atom. The zero-order valence-corrected chi connectivity index (χ0v) is 24.4. The number of benzene rings is 3. The highest BCUT2D eigenvalue weighted by Gasteiger charge is 2.44. The van der Waals surface area contributed by atoms with E-state index < -0.39 is 28.8 Å². The van der Waals surface area contributed by atoms with Crippen molar-refractivity contribution < 1.29 is 32.2 Å². The second kappa shape index (κ2) is 13.6. The largest absolute Gasteiger partial charge is 0.385 e. The summed E-state index contributed by atoms with van der Waals surface area (Å²) in [5.41, 5.74) is 0.511. The normalized spacial score (nSPS) is 13.8. The van der Waals surface area contributed by atoms with Crippen LogP contribution in [0.4, 0.5) is 24.5 Å². The van der Waals surface area contributed by atoms with Gasteiger partial charge in [-0.1, -0.05) is 23.7 Å². The highest BCUT2D eigenvalue weighted by molar-refractivity contribution is 6.31. The molecule has 3 aromatic rings. The molecule has 7 nitrogen and oxygen atoms in total. The number of anilines is 2. The van der Waals surface area contributed by atoms with Gasteiger partial charge in [0.05, 0.1) is 25.2 Å². The van der Waals surface area contributed by atoms with Crippen LogP contribution in [0.15, 0.2) is 48.5 Å².